The van der Waals surface area contributed by atoms with Crippen LogP contribution >= 0.6 is 11.3 Å². The van der Waals surface area contributed by atoms with Gasteiger partial charge in [0.1, 0.15) is 10.7 Å². The summed E-state index contributed by atoms with van der Waals surface area (Å²) in [5.74, 6) is 0.498. The first-order valence-electron chi connectivity index (χ1n) is 7.96. The van der Waals surface area contributed by atoms with Crippen LogP contribution in [0.5, 0.6) is 0 Å². The Balaban J connectivity index is 0.00000338. The van der Waals surface area contributed by atoms with Gasteiger partial charge in [0.15, 0.2) is 0 Å². The van der Waals surface area contributed by atoms with Gasteiger partial charge in [0.05, 0.1) is 12.6 Å². The lowest BCUT2D eigenvalue weighted by Gasteiger charge is -2.16. The van der Waals surface area contributed by atoms with E-state index in [1.807, 2.05) is 13.0 Å². The summed E-state index contributed by atoms with van der Waals surface area (Å²) < 4.78 is 5.02. The van der Waals surface area contributed by atoms with Crippen molar-refractivity contribution in [2.24, 2.45) is 0 Å². The van der Waals surface area contributed by atoms with Crippen LogP contribution in [0.15, 0.2) is 12.1 Å². The predicted octanol–water partition coefficient (Wildman–Crippen LogP) is 3.58. The van der Waals surface area contributed by atoms with Crippen LogP contribution in [0, 0.1) is 6.92 Å². The summed E-state index contributed by atoms with van der Waals surface area (Å²) in [5, 5.41) is 5.78. The largest absolute Gasteiger partial charge is 0.462 e. The molecule has 0 bridgehead atoms. The fourth-order valence-corrected chi connectivity index (χ4v) is 3.18. The Morgan fingerprint density at radius 1 is 1.19 bits per heavy atom. The molecule has 9 heteroatoms. The van der Waals surface area contributed by atoms with E-state index >= 15 is 0 Å². The van der Waals surface area contributed by atoms with Gasteiger partial charge in [-0.1, -0.05) is 14.4 Å². The lowest BCUT2D eigenvalue weighted by atomic mass is 10.2. The second kappa shape index (κ2) is 9.81. The molecule has 2 heterocycles. The van der Waals surface area contributed by atoms with Gasteiger partial charge in [-0.3, -0.25) is 10.1 Å². The molecular formula is C17H25N5O3S. The fourth-order valence-electron chi connectivity index (χ4n) is 2.14. The molecule has 8 nitrogen and oxygen atoms in total. The van der Waals surface area contributed by atoms with E-state index in [1.54, 1.807) is 19.9 Å². The summed E-state index contributed by atoms with van der Waals surface area (Å²) in [6, 6.07) is 3.57. The van der Waals surface area contributed by atoms with Crippen molar-refractivity contribution < 1.29 is 14.3 Å². The number of esters is 1. The van der Waals surface area contributed by atoms with Crippen LogP contribution < -0.4 is 10.6 Å². The van der Waals surface area contributed by atoms with Crippen LogP contribution in [-0.4, -0.2) is 33.4 Å². The predicted molar refractivity (Wildman–Crippen MR) is 103 cm³/mol. The van der Waals surface area contributed by atoms with Crippen molar-refractivity contribution in [3.63, 3.8) is 0 Å². The van der Waals surface area contributed by atoms with Gasteiger partial charge in [0.2, 0.25) is 17.8 Å². The summed E-state index contributed by atoms with van der Waals surface area (Å²) in [5.41, 5.74) is 0. The maximum absolute atomic E-state index is 11.8. The summed E-state index contributed by atoms with van der Waals surface area (Å²) in [6.45, 7) is 7.26. The van der Waals surface area contributed by atoms with E-state index < -0.39 is 0 Å². The van der Waals surface area contributed by atoms with Crippen molar-refractivity contribution in [1.82, 2.24) is 15.0 Å². The minimum absolute atomic E-state index is 0. The van der Waals surface area contributed by atoms with Crippen LogP contribution in [0.25, 0.3) is 0 Å². The fraction of sp³-hybridized carbons (Fsp3) is 0.471. The molecule has 2 aromatic heterocycles. The number of aromatic nitrogens is 3. The van der Waals surface area contributed by atoms with Gasteiger partial charge >= 0.3 is 5.97 Å². The highest BCUT2D eigenvalue weighted by molar-refractivity contribution is 7.14. The standard InChI is InChI=1S/C16H21N5O3S.CH4/c1-5-11(12-7-8-13(25-12)14(23)24-6-2)20-16-18-9(3)17-15(21-16)19-10(4)22;/h7-8,11H,5-6H2,1-4H3,(H2,17,18,19,20,21,22);1H4. The Bertz CT molecular complexity index is 763. The van der Waals surface area contributed by atoms with Crippen molar-refractivity contribution in [1.29, 1.82) is 0 Å². The quantitative estimate of drug-likeness (QED) is 0.708. The zero-order valence-corrected chi connectivity index (χ0v) is 15.4. The van der Waals surface area contributed by atoms with Crippen molar-refractivity contribution in [2.45, 2.75) is 47.6 Å². The highest BCUT2D eigenvalue weighted by atomic mass is 32.1. The van der Waals surface area contributed by atoms with Gasteiger partial charge in [-0.05, 0) is 32.4 Å². The Labute approximate surface area is 157 Å². The molecular weight excluding hydrogens is 354 g/mol. The van der Waals surface area contributed by atoms with Gasteiger partial charge in [-0.25, -0.2) is 4.79 Å². The number of amides is 1. The molecule has 2 N–H and O–H groups in total. The highest BCUT2D eigenvalue weighted by Crippen LogP contribution is 2.28. The normalized spacial score (nSPS) is 11.2. The smallest absolute Gasteiger partial charge is 0.348 e. The maximum atomic E-state index is 11.8. The molecule has 1 amide bonds. The van der Waals surface area contributed by atoms with E-state index in [4.69, 9.17) is 4.74 Å². The third-order valence-electron chi connectivity index (χ3n) is 3.19. The molecule has 142 valence electrons. The molecule has 1 unspecified atom stereocenters. The number of anilines is 2. The zero-order valence-electron chi connectivity index (χ0n) is 14.6. The summed E-state index contributed by atoms with van der Waals surface area (Å²) >= 11 is 1.37. The van der Waals surface area contributed by atoms with Gasteiger partial charge in [-0.15, -0.1) is 11.3 Å². The van der Waals surface area contributed by atoms with Crippen molar-refractivity contribution in [2.75, 3.05) is 17.2 Å². The Hall–Kier alpha value is -2.55. The molecule has 2 aromatic rings. The second-order valence-corrected chi connectivity index (χ2v) is 6.35. The Kier molecular flexibility index (Phi) is 8.11. The van der Waals surface area contributed by atoms with E-state index in [1.165, 1.54) is 18.3 Å². The molecule has 0 saturated carbocycles. The molecule has 0 fully saturated rings. The lowest BCUT2D eigenvalue weighted by molar-refractivity contribution is -0.114. The zero-order chi connectivity index (χ0) is 18.4. The third kappa shape index (κ3) is 5.76. The Morgan fingerprint density at radius 2 is 1.88 bits per heavy atom. The van der Waals surface area contributed by atoms with Crippen LogP contribution in [0.4, 0.5) is 11.9 Å². The molecule has 0 aliphatic carbocycles. The maximum Gasteiger partial charge on any atom is 0.348 e. The number of nitrogens with zero attached hydrogens (tertiary/aromatic N) is 3. The highest BCUT2D eigenvalue weighted by Gasteiger charge is 2.17. The molecule has 1 atom stereocenters. The van der Waals surface area contributed by atoms with Gasteiger partial charge < -0.3 is 10.1 Å². The molecule has 0 saturated heterocycles. The molecule has 0 aliphatic rings. The number of carbonyl (C=O) groups excluding carboxylic acids is 2. The SMILES string of the molecule is C.CCOC(=O)c1ccc(C(CC)Nc2nc(C)nc(NC(C)=O)n2)s1. The lowest BCUT2D eigenvalue weighted by Crippen LogP contribution is -2.15. The number of hydrogen-bond donors (Lipinski definition) is 2. The molecule has 26 heavy (non-hydrogen) atoms. The van der Waals surface area contributed by atoms with Crippen molar-refractivity contribution in [3.05, 3.63) is 27.7 Å². The van der Waals surface area contributed by atoms with Crippen molar-refractivity contribution in [3.8, 4) is 0 Å². The van der Waals surface area contributed by atoms with Gasteiger partial charge in [0, 0.05) is 11.8 Å². The van der Waals surface area contributed by atoms with Gasteiger partial charge in [-0.2, -0.15) is 15.0 Å². The number of rotatable bonds is 7. The molecule has 2 rings (SSSR count). The van der Waals surface area contributed by atoms with E-state index in [9.17, 15) is 9.59 Å². The minimum atomic E-state index is -0.322. The topological polar surface area (TPSA) is 106 Å². The van der Waals surface area contributed by atoms with Crippen LogP contribution in [0.3, 0.4) is 0 Å². The van der Waals surface area contributed by atoms with Crippen LogP contribution in [0.2, 0.25) is 0 Å². The molecule has 0 aromatic carbocycles. The average molecular weight is 379 g/mol. The molecule has 0 aliphatic heterocycles. The first kappa shape index (κ1) is 21.5. The number of carbonyl (C=O) groups is 2. The summed E-state index contributed by atoms with van der Waals surface area (Å²) in [4.78, 5) is 37.1. The third-order valence-corrected chi connectivity index (χ3v) is 4.37. The average Bonchev–Trinajstić information content (AvgIpc) is 3.01. The molecule has 0 radical (unpaired) electrons. The number of aryl methyl sites for hydroxylation is 1. The van der Waals surface area contributed by atoms with E-state index in [0.717, 1.165) is 11.3 Å². The van der Waals surface area contributed by atoms with Crippen LogP contribution in [0.1, 0.15) is 61.0 Å². The number of thiophene rings is 1. The first-order chi connectivity index (χ1) is 11.9. The Morgan fingerprint density at radius 3 is 2.50 bits per heavy atom. The number of nitrogens with one attached hydrogen (secondary N) is 2. The first-order valence-corrected chi connectivity index (χ1v) is 8.78. The molecule has 0 spiro atoms. The summed E-state index contributed by atoms with van der Waals surface area (Å²) in [7, 11) is 0. The summed E-state index contributed by atoms with van der Waals surface area (Å²) in [6.07, 6.45) is 0.767. The van der Waals surface area contributed by atoms with Crippen molar-refractivity contribution >= 4 is 35.1 Å². The van der Waals surface area contributed by atoms with Gasteiger partial charge in [0.25, 0.3) is 0 Å². The van der Waals surface area contributed by atoms with E-state index in [0.29, 0.717) is 23.3 Å². The van der Waals surface area contributed by atoms with E-state index in [-0.39, 0.29) is 31.3 Å². The van der Waals surface area contributed by atoms with E-state index in [2.05, 4.69) is 25.6 Å². The van der Waals surface area contributed by atoms with Crippen LogP contribution in [-0.2, 0) is 9.53 Å². The minimum Gasteiger partial charge on any atom is -0.462 e. The number of ether oxygens (including phenoxy) is 1. The second-order valence-electron chi connectivity index (χ2n) is 5.24. The monoisotopic (exact) mass is 379 g/mol. The number of hydrogen-bond acceptors (Lipinski definition) is 8.